The first-order chi connectivity index (χ1) is 9.93. The van der Waals surface area contributed by atoms with Gasteiger partial charge in [0.25, 0.3) is 0 Å². The lowest BCUT2D eigenvalue weighted by Gasteiger charge is -2.46. The SMILES string of the molecule is CC(C)(C)C1CNC(C2CC2)CN1Cc1ccc(Br)cn1. The minimum absolute atomic E-state index is 0.289. The van der Waals surface area contributed by atoms with Crippen LogP contribution in [0.5, 0.6) is 0 Å². The zero-order valence-corrected chi connectivity index (χ0v) is 14.9. The topological polar surface area (TPSA) is 28.2 Å². The molecule has 2 aliphatic rings. The van der Waals surface area contributed by atoms with E-state index in [9.17, 15) is 0 Å². The van der Waals surface area contributed by atoms with Gasteiger partial charge in [-0.25, -0.2) is 0 Å². The molecule has 1 aromatic rings. The first-order valence-corrected chi connectivity index (χ1v) is 8.80. The maximum atomic E-state index is 4.57. The molecular weight excluding hydrogens is 326 g/mol. The number of halogens is 1. The molecule has 3 rings (SSSR count). The Bertz CT molecular complexity index is 476. The van der Waals surface area contributed by atoms with Gasteiger partial charge in [-0.05, 0) is 52.2 Å². The molecule has 2 fully saturated rings. The van der Waals surface area contributed by atoms with E-state index in [4.69, 9.17) is 0 Å². The van der Waals surface area contributed by atoms with Gasteiger partial charge in [0.05, 0.1) is 5.69 Å². The molecule has 0 radical (unpaired) electrons. The Hall–Kier alpha value is -0.450. The number of hydrogen-bond acceptors (Lipinski definition) is 3. The smallest absolute Gasteiger partial charge is 0.0544 e. The lowest BCUT2D eigenvalue weighted by atomic mass is 9.83. The lowest BCUT2D eigenvalue weighted by Crippen LogP contribution is -2.60. The van der Waals surface area contributed by atoms with Crippen LogP contribution in [0.3, 0.4) is 0 Å². The number of nitrogens with one attached hydrogen (secondary N) is 1. The standard InChI is InChI=1S/C17H26BrN3/c1-17(2,3)16-9-20-15(12-4-5-12)11-21(16)10-14-7-6-13(18)8-19-14/h6-8,12,15-16,20H,4-5,9-11H2,1-3H3. The monoisotopic (exact) mass is 351 g/mol. The number of aromatic nitrogens is 1. The van der Waals surface area contributed by atoms with Crippen molar-refractivity contribution in [1.82, 2.24) is 15.2 Å². The molecule has 1 aliphatic heterocycles. The minimum Gasteiger partial charge on any atom is -0.311 e. The van der Waals surface area contributed by atoms with E-state index in [1.54, 1.807) is 0 Å². The molecule has 21 heavy (non-hydrogen) atoms. The number of hydrogen-bond donors (Lipinski definition) is 1. The third kappa shape index (κ3) is 3.85. The van der Waals surface area contributed by atoms with Crippen LogP contribution in [0.2, 0.25) is 0 Å². The molecule has 1 aromatic heterocycles. The van der Waals surface area contributed by atoms with Gasteiger partial charge in [0, 0.05) is 42.4 Å². The van der Waals surface area contributed by atoms with Crippen molar-refractivity contribution in [3.05, 3.63) is 28.5 Å². The molecule has 0 aromatic carbocycles. The normalized spacial score (nSPS) is 27.8. The van der Waals surface area contributed by atoms with Crippen LogP contribution in [0.4, 0.5) is 0 Å². The molecule has 4 heteroatoms. The van der Waals surface area contributed by atoms with Crippen molar-refractivity contribution in [2.45, 2.75) is 52.2 Å². The first kappa shape index (κ1) is 15.4. The van der Waals surface area contributed by atoms with Crippen LogP contribution < -0.4 is 5.32 Å². The zero-order valence-electron chi connectivity index (χ0n) is 13.3. The van der Waals surface area contributed by atoms with Gasteiger partial charge in [-0.1, -0.05) is 20.8 Å². The maximum absolute atomic E-state index is 4.57. The van der Waals surface area contributed by atoms with Crippen LogP contribution in [0.1, 0.15) is 39.3 Å². The lowest BCUT2D eigenvalue weighted by molar-refractivity contribution is 0.0440. The molecular formula is C17H26BrN3. The second-order valence-electron chi connectivity index (χ2n) is 7.63. The summed E-state index contributed by atoms with van der Waals surface area (Å²) in [4.78, 5) is 7.21. The van der Waals surface area contributed by atoms with E-state index in [2.05, 4.69) is 64.0 Å². The van der Waals surface area contributed by atoms with Crippen molar-refractivity contribution in [1.29, 1.82) is 0 Å². The van der Waals surface area contributed by atoms with Crippen LogP contribution in [0.25, 0.3) is 0 Å². The van der Waals surface area contributed by atoms with Gasteiger partial charge in [-0.15, -0.1) is 0 Å². The Morgan fingerprint density at radius 2 is 2.10 bits per heavy atom. The van der Waals surface area contributed by atoms with E-state index < -0.39 is 0 Å². The molecule has 2 unspecified atom stereocenters. The van der Waals surface area contributed by atoms with Gasteiger partial charge in [0.2, 0.25) is 0 Å². The zero-order chi connectivity index (χ0) is 15.0. The van der Waals surface area contributed by atoms with E-state index in [-0.39, 0.29) is 5.41 Å². The quantitative estimate of drug-likeness (QED) is 0.903. The van der Waals surface area contributed by atoms with Crippen LogP contribution in [0.15, 0.2) is 22.8 Å². The fourth-order valence-corrected chi connectivity index (χ4v) is 3.62. The number of piperazine rings is 1. The summed E-state index contributed by atoms with van der Waals surface area (Å²) >= 11 is 3.47. The number of nitrogens with zero attached hydrogens (tertiary/aromatic N) is 2. The van der Waals surface area contributed by atoms with Crippen molar-refractivity contribution in [2.75, 3.05) is 13.1 Å². The minimum atomic E-state index is 0.289. The Labute approximate surface area is 136 Å². The van der Waals surface area contributed by atoms with Gasteiger partial charge >= 0.3 is 0 Å². The van der Waals surface area contributed by atoms with Crippen LogP contribution >= 0.6 is 15.9 Å². The van der Waals surface area contributed by atoms with Crippen molar-refractivity contribution in [2.24, 2.45) is 11.3 Å². The van der Waals surface area contributed by atoms with E-state index in [1.165, 1.54) is 18.5 Å². The summed E-state index contributed by atoms with van der Waals surface area (Å²) in [6.07, 6.45) is 4.71. The van der Waals surface area contributed by atoms with Gasteiger partial charge in [-0.2, -0.15) is 0 Å². The van der Waals surface area contributed by atoms with Gasteiger partial charge in [-0.3, -0.25) is 9.88 Å². The molecule has 116 valence electrons. The summed E-state index contributed by atoms with van der Waals surface area (Å²) in [6, 6.07) is 5.48. The summed E-state index contributed by atoms with van der Waals surface area (Å²) in [5.74, 6) is 0.909. The average molecular weight is 352 g/mol. The third-order valence-corrected chi connectivity index (χ3v) is 5.26. The van der Waals surface area contributed by atoms with E-state index in [0.717, 1.165) is 30.0 Å². The molecule has 1 N–H and O–H groups in total. The van der Waals surface area contributed by atoms with Gasteiger partial charge in [0.15, 0.2) is 0 Å². The van der Waals surface area contributed by atoms with Crippen molar-refractivity contribution in [3.63, 3.8) is 0 Å². The summed E-state index contributed by atoms with van der Waals surface area (Å²) in [5.41, 5.74) is 1.46. The van der Waals surface area contributed by atoms with Crippen molar-refractivity contribution in [3.8, 4) is 0 Å². The largest absolute Gasteiger partial charge is 0.311 e. The van der Waals surface area contributed by atoms with Crippen LogP contribution in [-0.2, 0) is 6.54 Å². The molecule has 1 aliphatic carbocycles. The Kier molecular flexibility index (Phi) is 4.40. The fourth-order valence-electron chi connectivity index (χ4n) is 3.39. The predicted octanol–water partition coefficient (Wildman–Crippen LogP) is 3.44. The van der Waals surface area contributed by atoms with Crippen molar-refractivity contribution >= 4 is 15.9 Å². The van der Waals surface area contributed by atoms with E-state index in [1.807, 2.05) is 6.20 Å². The molecule has 0 bridgehead atoms. The average Bonchev–Trinajstić information content (AvgIpc) is 3.24. The van der Waals surface area contributed by atoms with Gasteiger partial charge in [0.1, 0.15) is 0 Å². The number of rotatable bonds is 3. The highest BCUT2D eigenvalue weighted by atomic mass is 79.9. The highest BCUT2D eigenvalue weighted by molar-refractivity contribution is 9.10. The molecule has 2 heterocycles. The van der Waals surface area contributed by atoms with E-state index >= 15 is 0 Å². The third-order valence-electron chi connectivity index (χ3n) is 4.79. The Morgan fingerprint density at radius 3 is 2.67 bits per heavy atom. The second-order valence-corrected chi connectivity index (χ2v) is 8.55. The van der Waals surface area contributed by atoms with Crippen molar-refractivity contribution < 1.29 is 0 Å². The molecule has 3 nitrogen and oxygen atoms in total. The second kappa shape index (κ2) is 5.98. The van der Waals surface area contributed by atoms with Crippen LogP contribution in [0, 0.1) is 11.3 Å². The molecule has 2 atom stereocenters. The highest BCUT2D eigenvalue weighted by Crippen LogP contribution is 2.36. The molecule has 1 saturated carbocycles. The highest BCUT2D eigenvalue weighted by Gasteiger charge is 2.40. The summed E-state index contributed by atoms with van der Waals surface area (Å²) in [7, 11) is 0. The van der Waals surface area contributed by atoms with Gasteiger partial charge < -0.3 is 5.32 Å². The fraction of sp³-hybridized carbons (Fsp3) is 0.706. The molecule has 0 spiro atoms. The predicted molar refractivity (Wildman–Crippen MR) is 90.1 cm³/mol. The summed E-state index contributed by atoms with van der Waals surface area (Å²) in [6.45, 7) is 10.3. The Morgan fingerprint density at radius 1 is 1.33 bits per heavy atom. The number of pyridine rings is 1. The molecule has 1 saturated heterocycles. The summed E-state index contributed by atoms with van der Waals surface area (Å²) in [5, 5.41) is 3.79. The summed E-state index contributed by atoms with van der Waals surface area (Å²) < 4.78 is 1.05. The first-order valence-electron chi connectivity index (χ1n) is 8.01. The van der Waals surface area contributed by atoms with E-state index in [0.29, 0.717) is 12.1 Å². The maximum Gasteiger partial charge on any atom is 0.0544 e. The Balaban J connectivity index is 1.73. The van der Waals surface area contributed by atoms with Crippen LogP contribution in [-0.4, -0.2) is 35.1 Å². The molecule has 0 amide bonds.